The monoisotopic (exact) mass is 549 g/mol. The van der Waals surface area contributed by atoms with Crippen LogP contribution in [0.1, 0.15) is 23.0 Å². The fourth-order valence-electron chi connectivity index (χ4n) is 6.60. The second kappa shape index (κ2) is 10.9. The number of fused-ring (bicyclic) bond motifs is 1. The van der Waals surface area contributed by atoms with Crippen LogP contribution in [-0.2, 0) is 4.57 Å². The molecule has 0 aliphatic carbocycles. The normalized spacial score (nSPS) is 17.1. The zero-order chi connectivity index (χ0) is 27.6. The summed E-state index contributed by atoms with van der Waals surface area (Å²) in [7, 11) is -3.20. The molecular weight excluding hydrogens is 517 g/mol. The molecule has 0 N–H and O–H groups in total. The van der Waals surface area contributed by atoms with Gasteiger partial charge in [-0.05, 0) is 22.6 Å². The predicted octanol–water partition coefficient (Wildman–Crippen LogP) is 7.87. The van der Waals surface area contributed by atoms with E-state index in [0.717, 1.165) is 40.1 Å². The van der Waals surface area contributed by atoms with Crippen LogP contribution in [-0.4, -0.2) is 13.1 Å². The number of benzene rings is 6. The Kier molecular flexibility index (Phi) is 6.79. The molecule has 0 saturated carbocycles. The Morgan fingerprint density at radius 3 is 1.44 bits per heavy atom. The Bertz CT molecular complexity index is 1730. The van der Waals surface area contributed by atoms with Gasteiger partial charge in [0.15, 0.2) is 7.14 Å². The smallest absolute Gasteiger partial charge is 0.173 e. The largest absolute Gasteiger partial charge is 0.369 e. The van der Waals surface area contributed by atoms with E-state index in [9.17, 15) is 0 Å². The van der Waals surface area contributed by atoms with Gasteiger partial charge in [0.05, 0.1) is 5.69 Å². The number of hydrogen-bond donors (Lipinski definition) is 0. The van der Waals surface area contributed by atoms with Crippen molar-refractivity contribution in [2.45, 2.75) is 11.8 Å². The molecule has 200 valence electrons. The highest BCUT2D eigenvalue weighted by atomic mass is 31.2. The van der Waals surface area contributed by atoms with Crippen molar-refractivity contribution in [1.82, 2.24) is 0 Å². The van der Waals surface area contributed by atoms with Crippen molar-refractivity contribution < 1.29 is 4.57 Å². The summed E-state index contributed by atoms with van der Waals surface area (Å²) in [5, 5.41) is 4.95. The quantitative estimate of drug-likeness (QED) is 0.197. The third-order valence-corrected chi connectivity index (χ3v) is 11.6. The van der Waals surface area contributed by atoms with Gasteiger partial charge in [0.1, 0.15) is 0 Å². The summed E-state index contributed by atoms with van der Waals surface area (Å²) in [4.78, 5) is 2.52. The maximum Gasteiger partial charge on any atom is 0.173 e. The highest BCUT2D eigenvalue weighted by Gasteiger charge is 2.40. The second-order valence-electron chi connectivity index (χ2n) is 10.9. The van der Waals surface area contributed by atoms with Gasteiger partial charge in [0.2, 0.25) is 0 Å². The molecule has 0 bridgehead atoms. The summed E-state index contributed by atoms with van der Waals surface area (Å²) in [5.41, 5.74) is 3.79. The van der Waals surface area contributed by atoms with Gasteiger partial charge < -0.3 is 9.46 Å². The van der Waals surface area contributed by atoms with Gasteiger partial charge >= 0.3 is 0 Å². The minimum absolute atomic E-state index is 0.318. The standard InChI is InChI=1S/C38H32NOP/c40-41(32-20-9-3-10-21-32,33-22-11-4-12-23-33)37-26-25-31-19-13-14-24-34(31)38(37)39-27-35(29-15-5-1-6-16-29)36(28-39)30-17-7-2-8-18-30/h1-26,35-36H,27-28H2. The molecule has 41 heavy (non-hydrogen) atoms. The van der Waals surface area contributed by atoms with E-state index in [1.807, 2.05) is 60.7 Å². The molecule has 1 fully saturated rings. The molecule has 2 nitrogen and oxygen atoms in total. The molecule has 0 aromatic heterocycles. The lowest BCUT2D eigenvalue weighted by Gasteiger charge is -2.29. The summed E-state index contributed by atoms with van der Waals surface area (Å²) in [6.45, 7) is 1.71. The molecule has 3 heteroatoms. The zero-order valence-corrected chi connectivity index (χ0v) is 23.8. The molecule has 7 rings (SSSR count). The predicted molar refractivity (Wildman–Crippen MR) is 174 cm³/mol. The maximum atomic E-state index is 15.7. The molecule has 1 aliphatic heterocycles. The summed E-state index contributed by atoms with van der Waals surface area (Å²) in [6.07, 6.45) is 0. The summed E-state index contributed by atoms with van der Waals surface area (Å²) in [5.74, 6) is 0.636. The SMILES string of the molecule is O=P(c1ccccc1)(c1ccccc1)c1ccc2ccccc2c1N1CC(c2ccccc2)C(c2ccccc2)C1. The van der Waals surface area contributed by atoms with E-state index in [1.54, 1.807) is 0 Å². The van der Waals surface area contributed by atoms with Crippen LogP contribution >= 0.6 is 7.14 Å². The fraction of sp³-hybridized carbons (Fsp3) is 0.105. The van der Waals surface area contributed by atoms with E-state index in [0.29, 0.717) is 11.8 Å². The maximum absolute atomic E-state index is 15.7. The van der Waals surface area contributed by atoms with Crippen molar-refractivity contribution in [3.05, 3.63) is 169 Å². The van der Waals surface area contributed by atoms with Crippen molar-refractivity contribution in [1.29, 1.82) is 0 Å². The van der Waals surface area contributed by atoms with Gasteiger partial charge in [-0.25, -0.2) is 0 Å². The van der Waals surface area contributed by atoms with E-state index in [1.165, 1.54) is 16.5 Å². The Balaban J connectivity index is 1.46. The third-order valence-electron chi connectivity index (χ3n) is 8.55. The number of nitrogens with zero attached hydrogens (tertiary/aromatic N) is 1. The molecule has 0 radical (unpaired) electrons. The average Bonchev–Trinajstić information content (AvgIpc) is 3.51. The molecular formula is C38H32NOP. The van der Waals surface area contributed by atoms with E-state index in [4.69, 9.17) is 0 Å². The van der Waals surface area contributed by atoms with Gasteiger partial charge in [-0.3, -0.25) is 0 Å². The molecule has 0 amide bonds. The first-order valence-electron chi connectivity index (χ1n) is 14.3. The van der Waals surface area contributed by atoms with Crippen molar-refractivity contribution in [3.8, 4) is 0 Å². The topological polar surface area (TPSA) is 20.3 Å². The average molecular weight is 550 g/mol. The van der Waals surface area contributed by atoms with Gasteiger partial charge in [-0.2, -0.15) is 0 Å². The fourth-order valence-corrected chi connectivity index (χ4v) is 9.48. The van der Waals surface area contributed by atoms with Crippen LogP contribution in [0.3, 0.4) is 0 Å². The van der Waals surface area contributed by atoms with E-state index in [-0.39, 0.29) is 0 Å². The molecule has 1 saturated heterocycles. The highest BCUT2D eigenvalue weighted by Crippen LogP contribution is 2.49. The van der Waals surface area contributed by atoms with Gasteiger partial charge in [-0.15, -0.1) is 0 Å². The van der Waals surface area contributed by atoms with Crippen LogP contribution in [0.2, 0.25) is 0 Å². The van der Waals surface area contributed by atoms with Crippen LogP contribution in [0.5, 0.6) is 0 Å². The lowest BCUT2D eigenvalue weighted by molar-refractivity contribution is 0.592. The molecule has 1 aliphatic rings. The van der Waals surface area contributed by atoms with Crippen molar-refractivity contribution in [2.75, 3.05) is 18.0 Å². The second-order valence-corrected chi connectivity index (χ2v) is 13.6. The number of anilines is 1. The number of rotatable bonds is 6. The van der Waals surface area contributed by atoms with Gasteiger partial charge in [0, 0.05) is 46.2 Å². The summed E-state index contributed by atoms with van der Waals surface area (Å²) in [6, 6.07) is 54.7. The van der Waals surface area contributed by atoms with Gasteiger partial charge in [0.25, 0.3) is 0 Å². The van der Waals surface area contributed by atoms with Crippen molar-refractivity contribution in [3.63, 3.8) is 0 Å². The first-order valence-corrected chi connectivity index (χ1v) is 16.0. The summed E-state index contributed by atoms with van der Waals surface area (Å²) < 4.78 is 15.7. The molecule has 2 unspecified atom stereocenters. The first-order chi connectivity index (χ1) is 20.2. The first kappa shape index (κ1) is 25.6. The van der Waals surface area contributed by atoms with E-state index < -0.39 is 7.14 Å². The zero-order valence-electron chi connectivity index (χ0n) is 22.9. The Labute approximate surface area is 242 Å². The summed E-state index contributed by atoms with van der Waals surface area (Å²) >= 11 is 0. The molecule has 6 aromatic rings. The molecule has 2 atom stereocenters. The highest BCUT2D eigenvalue weighted by molar-refractivity contribution is 7.85. The lowest BCUT2D eigenvalue weighted by Crippen LogP contribution is -2.32. The Morgan fingerprint density at radius 1 is 0.488 bits per heavy atom. The van der Waals surface area contributed by atoms with E-state index >= 15 is 4.57 Å². The van der Waals surface area contributed by atoms with Crippen LogP contribution < -0.4 is 20.8 Å². The minimum Gasteiger partial charge on any atom is -0.369 e. The molecule has 0 spiro atoms. The third kappa shape index (κ3) is 4.59. The Hall–Kier alpha value is -4.39. The van der Waals surface area contributed by atoms with Crippen LogP contribution in [0.4, 0.5) is 5.69 Å². The van der Waals surface area contributed by atoms with Crippen LogP contribution in [0.15, 0.2) is 158 Å². The van der Waals surface area contributed by atoms with Crippen LogP contribution in [0.25, 0.3) is 10.8 Å². The molecule has 1 heterocycles. The van der Waals surface area contributed by atoms with Crippen molar-refractivity contribution in [2.24, 2.45) is 0 Å². The Morgan fingerprint density at radius 2 is 0.927 bits per heavy atom. The van der Waals surface area contributed by atoms with E-state index in [2.05, 4.69) is 102 Å². The van der Waals surface area contributed by atoms with Crippen molar-refractivity contribution >= 4 is 39.5 Å². The van der Waals surface area contributed by atoms with Crippen LogP contribution in [0, 0.1) is 0 Å². The lowest BCUT2D eigenvalue weighted by atomic mass is 9.84. The molecule has 6 aromatic carbocycles. The minimum atomic E-state index is -3.20. The van der Waals surface area contributed by atoms with Gasteiger partial charge in [-0.1, -0.05) is 152 Å². The number of hydrogen-bond acceptors (Lipinski definition) is 2.